The first kappa shape index (κ1) is 47.3. The Bertz CT molecular complexity index is 1230. The van der Waals surface area contributed by atoms with Crippen molar-refractivity contribution in [3.63, 3.8) is 0 Å². The van der Waals surface area contributed by atoms with E-state index in [9.17, 15) is 132 Å². The van der Waals surface area contributed by atoms with Crippen molar-refractivity contribution in [2.45, 2.75) is 84.7 Å². The highest BCUT2D eigenvalue weighted by atomic mass is 19.4. The van der Waals surface area contributed by atoms with Crippen LogP contribution in [0.2, 0.25) is 0 Å². The topological polar surface area (TPSA) is 74.2 Å². The van der Waals surface area contributed by atoms with Gasteiger partial charge in [0.05, 0.1) is 0 Å². The highest BCUT2D eigenvalue weighted by Crippen LogP contribution is 2.61. The van der Waals surface area contributed by atoms with Gasteiger partial charge in [0, 0.05) is 0 Å². The lowest BCUT2D eigenvalue weighted by Crippen LogP contribution is -2.72. The zero-order valence-corrected chi connectivity index (χ0v) is 20.9. The number of alkyl halides is 29. The molecule has 35 heteroatoms. The van der Waals surface area contributed by atoms with Crippen LogP contribution in [0.5, 0.6) is 0 Å². The lowest BCUT2D eigenvalue weighted by molar-refractivity contribution is -0.592. The lowest BCUT2D eigenvalue weighted by atomic mass is 10.2. The van der Waals surface area contributed by atoms with Gasteiger partial charge < -0.3 is 5.11 Å². The molecule has 0 fully saturated rings. The number of carbonyl (C=O) groups is 1. The van der Waals surface area contributed by atoms with E-state index < -0.39 is 90.6 Å². The van der Waals surface area contributed by atoms with E-state index in [1.54, 1.807) is 0 Å². The Balaban J connectivity index is 7.69. The monoisotopic (exact) mass is 828 g/mol. The van der Waals surface area contributed by atoms with Gasteiger partial charge >= 0.3 is 90.6 Å². The number of hydrogen-bond acceptors (Lipinski definition) is 5. The van der Waals surface area contributed by atoms with E-state index in [1.165, 1.54) is 4.74 Å². The van der Waals surface area contributed by atoms with Crippen LogP contribution < -0.4 is 0 Å². The molecule has 0 aliphatic heterocycles. The highest BCUT2D eigenvalue weighted by Gasteiger charge is 2.90. The van der Waals surface area contributed by atoms with Gasteiger partial charge in [-0.2, -0.15) is 127 Å². The molecule has 0 bridgehead atoms. The van der Waals surface area contributed by atoms with Crippen LogP contribution >= 0.6 is 0 Å². The third-order valence-electron chi connectivity index (χ3n) is 4.65. The second-order valence-corrected chi connectivity index (χ2v) is 8.22. The normalized spacial score (nSPS) is 20.4. The Morgan fingerprint density at radius 3 is 0.720 bits per heavy atom. The molecule has 0 saturated carbocycles. The summed E-state index contributed by atoms with van der Waals surface area (Å²) in [7, 11) is 0. The minimum absolute atomic E-state index is 0.808. The second kappa shape index (κ2) is 12.2. The third-order valence-corrected chi connectivity index (χ3v) is 4.65. The summed E-state index contributed by atoms with van der Waals surface area (Å²) in [5.74, 6) is -47.9. The first-order valence-corrected chi connectivity index (χ1v) is 10.0. The van der Waals surface area contributed by atoms with Crippen molar-refractivity contribution in [1.29, 1.82) is 0 Å². The van der Waals surface area contributed by atoms with Crippen molar-refractivity contribution in [1.82, 2.24) is 0 Å². The molecule has 50 heavy (non-hydrogen) atoms. The Labute approximate surface area is 248 Å². The van der Waals surface area contributed by atoms with Gasteiger partial charge in [0.25, 0.3) is 0 Å². The average molecular weight is 828 g/mol. The summed E-state index contributed by atoms with van der Waals surface area (Å²) >= 11 is 0. The number of rotatable bonds is 13. The van der Waals surface area contributed by atoms with Gasteiger partial charge in [0.2, 0.25) is 0 Å². The molecule has 0 rings (SSSR count). The highest BCUT2D eigenvalue weighted by molar-refractivity contribution is 5.76. The maximum Gasteiger partial charge on any atom is 0.462 e. The molecule has 1 N–H and O–H groups in total. The summed E-state index contributed by atoms with van der Waals surface area (Å²) in [6, 6.07) is 0. The average Bonchev–Trinajstić information content (AvgIpc) is 2.78. The molecule has 0 aliphatic carbocycles. The van der Waals surface area contributed by atoms with Crippen molar-refractivity contribution in [2.24, 2.45) is 0 Å². The lowest BCUT2D eigenvalue weighted by Gasteiger charge is -2.43. The van der Waals surface area contributed by atoms with Crippen molar-refractivity contribution < 1.29 is 156 Å². The predicted octanol–water partition coefficient (Wildman–Crippen LogP) is 8.62. The van der Waals surface area contributed by atoms with Crippen LogP contribution in [-0.2, 0) is 23.7 Å². The van der Waals surface area contributed by atoms with E-state index in [-0.39, 0.29) is 0 Å². The number of carboxylic acids is 1. The molecule has 0 spiro atoms. The van der Waals surface area contributed by atoms with Crippen LogP contribution in [0.1, 0.15) is 0 Å². The molecule has 0 amide bonds. The standard InChI is InChI=1S/C15HF29O6/c16-2(1(45)46,7(22,23)24)47-13(39,40)4(19,9(28,29)30)49-15(43,44)6(21,11(34,35)36)50-14(41,42)5(20,10(31,32)33)48-12(37,38)3(17,18)8(25,26)27/h(H,45,46). The van der Waals surface area contributed by atoms with Crippen molar-refractivity contribution in [2.75, 3.05) is 0 Å². The number of hydrogen-bond donors (Lipinski definition) is 1. The van der Waals surface area contributed by atoms with Crippen molar-refractivity contribution in [3.05, 3.63) is 0 Å². The number of carboxylic acid groups (broad SMARTS) is 1. The van der Waals surface area contributed by atoms with Crippen LogP contribution in [-0.4, -0.2) is 95.7 Å². The smallest absolute Gasteiger partial charge is 0.462 e. The molecule has 300 valence electrons. The molecule has 0 saturated heterocycles. The predicted molar refractivity (Wildman–Crippen MR) is 82.3 cm³/mol. The maximum absolute atomic E-state index is 14.3. The van der Waals surface area contributed by atoms with Crippen LogP contribution in [0, 0.1) is 0 Å². The van der Waals surface area contributed by atoms with Gasteiger partial charge in [-0.25, -0.2) is 4.79 Å². The summed E-state index contributed by atoms with van der Waals surface area (Å²) in [6.45, 7) is 0. The van der Waals surface area contributed by atoms with Gasteiger partial charge in [-0.05, 0) is 0 Å². The molecular weight excluding hydrogens is 827 g/mol. The summed E-state index contributed by atoms with van der Waals surface area (Å²) in [5, 5.41) is 7.95. The molecule has 0 aliphatic rings. The molecule has 6 nitrogen and oxygen atoms in total. The van der Waals surface area contributed by atoms with Crippen LogP contribution in [0.4, 0.5) is 127 Å². The van der Waals surface area contributed by atoms with Crippen LogP contribution in [0.3, 0.4) is 0 Å². The molecule has 0 aromatic rings. The van der Waals surface area contributed by atoms with Crippen LogP contribution in [0.15, 0.2) is 0 Å². The molecule has 0 radical (unpaired) electrons. The maximum atomic E-state index is 14.3. The zero-order chi connectivity index (χ0) is 41.4. The van der Waals surface area contributed by atoms with E-state index in [0.29, 0.717) is 0 Å². The number of ether oxygens (including phenoxy) is 4. The Morgan fingerprint density at radius 2 is 0.540 bits per heavy atom. The quantitative estimate of drug-likeness (QED) is 0.188. The van der Waals surface area contributed by atoms with Gasteiger partial charge in [0.1, 0.15) is 0 Å². The summed E-state index contributed by atoms with van der Waals surface area (Å²) in [4.78, 5) is 10.3. The fourth-order valence-electron chi connectivity index (χ4n) is 2.20. The largest absolute Gasteiger partial charge is 0.477 e. The summed E-state index contributed by atoms with van der Waals surface area (Å²) < 4.78 is 386. The molecular formula is C15HF29O6. The molecule has 4 unspecified atom stereocenters. The van der Waals surface area contributed by atoms with E-state index in [4.69, 9.17) is 5.11 Å². The van der Waals surface area contributed by atoms with Gasteiger partial charge in [-0.1, -0.05) is 0 Å². The Morgan fingerprint density at radius 1 is 0.320 bits per heavy atom. The van der Waals surface area contributed by atoms with Crippen LogP contribution in [0.25, 0.3) is 0 Å². The molecule has 0 aromatic carbocycles. The van der Waals surface area contributed by atoms with E-state index in [1.807, 2.05) is 0 Å². The summed E-state index contributed by atoms with van der Waals surface area (Å²) in [5.41, 5.74) is 0. The van der Waals surface area contributed by atoms with Gasteiger partial charge in [0.15, 0.2) is 0 Å². The summed E-state index contributed by atoms with van der Waals surface area (Å²) in [6.07, 6.45) is -77.8. The van der Waals surface area contributed by atoms with Crippen molar-refractivity contribution in [3.8, 4) is 0 Å². The molecule has 0 aromatic heterocycles. The minimum atomic E-state index is -9.26. The van der Waals surface area contributed by atoms with Gasteiger partial charge in [-0.3, -0.25) is 18.9 Å². The van der Waals surface area contributed by atoms with E-state index >= 15 is 0 Å². The number of aliphatic carboxylic acids is 1. The minimum Gasteiger partial charge on any atom is -0.477 e. The SMILES string of the molecule is O=C(O)C(F)(OC(F)(F)C(F)(OC(F)(F)C(F)(OC(F)(F)C(F)(OC(F)(F)C(F)(F)C(F)(F)F)C(F)(F)F)C(F)(F)F)C(F)(F)F)C(F)(F)F. The van der Waals surface area contributed by atoms with Crippen molar-refractivity contribution >= 4 is 5.97 Å². The third kappa shape index (κ3) is 7.57. The first-order chi connectivity index (χ1) is 21.0. The number of halogens is 29. The second-order valence-electron chi connectivity index (χ2n) is 8.22. The fourth-order valence-corrected chi connectivity index (χ4v) is 2.20. The zero-order valence-electron chi connectivity index (χ0n) is 20.9. The Hall–Kier alpha value is -2.72. The Kier molecular flexibility index (Phi) is 11.5. The van der Waals surface area contributed by atoms with Gasteiger partial charge in [-0.15, -0.1) is 0 Å². The van der Waals surface area contributed by atoms with E-state index in [2.05, 4.69) is 0 Å². The van der Waals surface area contributed by atoms with E-state index in [0.717, 1.165) is 14.2 Å². The fraction of sp³-hybridized carbons (Fsp3) is 0.933. The molecule has 4 atom stereocenters. The molecule has 0 heterocycles. The first-order valence-electron chi connectivity index (χ1n) is 10.0.